The second-order valence-electron chi connectivity index (χ2n) is 5.35. The molecule has 6 heteroatoms. The smallest absolute Gasteiger partial charge is 0.163 e. The van der Waals surface area contributed by atoms with E-state index in [-0.39, 0.29) is 0 Å². The topological polar surface area (TPSA) is 73.8 Å². The van der Waals surface area contributed by atoms with Gasteiger partial charge in [0.1, 0.15) is 11.5 Å². The van der Waals surface area contributed by atoms with Crippen LogP contribution in [0.5, 0.6) is 0 Å². The molecular formula is C16H17ClN4O. The van der Waals surface area contributed by atoms with Crippen LogP contribution >= 0.6 is 11.6 Å². The highest BCUT2D eigenvalue weighted by Gasteiger charge is 2.12. The van der Waals surface area contributed by atoms with Crippen LogP contribution in [-0.2, 0) is 0 Å². The summed E-state index contributed by atoms with van der Waals surface area (Å²) in [6.45, 7) is 4.12. The van der Waals surface area contributed by atoms with Crippen molar-refractivity contribution in [1.82, 2.24) is 15.0 Å². The van der Waals surface area contributed by atoms with E-state index < -0.39 is 6.10 Å². The molecule has 3 rings (SSSR count). The van der Waals surface area contributed by atoms with E-state index in [4.69, 9.17) is 11.6 Å². The van der Waals surface area contributed by atoms with E-state index in [1.807, 2.05) is 37.3 Å². The van der Waals surface area contributed by atoms with Gasteiger partial charge in [-0.05, 0) is 32.0 Å². The molecule has 1 atom stereocenters. The fourth-order valence-electron chi connectivity index (χ4n) is 2.28. The Morgan fingerprint density at radius 1 is 1.32 bits per heavy atom. The molecule has 3 aromatic rings. The second kappa shape index (κ2) is 5.94. The zero-order valence-corrected chi connectivity index (χ0v) is 13.1. The predicted octanol–water partition coefficient (Wildman–Crippen LogP) is 3.38. The van der Waals surface area contributed by atoms with Crippen LogP contribution in [0.25, 0.3) is 22.4 Å². The highest BCUT2D eigenvalue weighted by Crippen LogP contribution is 2.26. The van der Waals surface area contributed by atoms with Crippen molar-refractivity contribution in [2.75, 3.05) is 11.9 Å². The van der Waals surface area contributed by atoms with E-state index in [9.17, 15) is 5.11 Å². The Hall–Kier alpha value is -2.11. The van der Waals surface area contributed by atoms with Crippen molar-refractivity contribution in [3.63, 3.8) is 0 Å². The number of aromatic nitrogens is 3. The van der Waals surface area contributed by atoms with Gasteiger partial charge in [0.25, 0.3) is 0 Å². The van der Waals surface area contributed by atoms with E-state index in [0.29, 0.717) is 23.2 Å². The first-order valence-corrected chi connectivity index (χ1v) is 7.46. The summed E-state index contributed by atoms with van der Waals surface area (Å²) in [7, 11) is 0. The number of H-pyrrole nitrogens is 1. The minimum Gasteiger partial charge on any atom is -0.392 e. The molecule has 0 spiro atoms. The molecule has 1 aromatic carbocycles. The molecule has 0 saturated heterocycles. The van der Waals surface area contributed by atoms with Crippen LogP contribution in [0.1, 0.15) is 12.6 Å². The second-order valence-corrected chi connectivity index (χ2v) is 5.79. The number of aryl methyl sites for hydroxylation is 1. The molecule has 0 amide bonds. The highest BCUT2D eigenvalue weighted by atomic mass is 35.5. The lowest BCUT2D eigenvalue weighted by Crippen LogP contribution is -2.16. The Morgan fingerprint density at radius 3 is 2.86 bits per heavy atom. The molecule has 0 bridgehead atoms. The van der Waals surface area contributed by atoms with Crippen molar-refractivity contribution in [3.05, 3.63) is 41.0 Å². The van der Waals surface area contributed by atoms with Crippen molar-refractivity contribution in [1.29, 1.82) is 0 Å². The maximum absolute atomic E-state index is 9.48. The van der Waals surface area contributed by atoms with Gasteiger partial charge in [-0.3, -0.25) is 0 Å². The van der Waals surface area contributed by atoms with Crippen LogP contribution in [0, 0.1) is 6.92 Å². The molecule has 0 aliphatic carbocycles. The molecule has 3 N–H and O–H groups in total. The number of hydrogen-bond acceptors (Lipinski definition) is 4. The summed E-state index contributed by atoms with van der Waals surface area (Å²) in [6, 6.07) is 9.42. The van der Waals surface area contributed by atoms with Gasteiger partial charge in [0.2, 0.25) is 0 Å². The number of benzene rings is 1. The summed E-state index contributed by atoms with van der Waals surface area (Å²) in [5.41, 5.74) is 2.62. The van der Waals surface area contributed by atoms with Crippen LogP contribution in [-0.4, -0.2) is 32.7 Å². The highest BCUT2D eigenvalue weighted by molar-refractivity contribution is 6.30. The van der Waals surface area contributed by atoms with E-state index in [1.165, 1.54) is 0 Å². The SMILES string of the molecule is Cc1cc2c(NCC(C)O)nc(-c3cccc(Cl)c3)nc2[nH]1. The molecule has 0 radical (unpaired) electrons. The summed E-state index contributed by atoms with van der Waals surface area (Å²) >= 11 is 6.05. The maximum atomic E-state index is 9.48. The van der Waals surface area contributed by atoms with E-state index in [0.717, 1.165) is 22.3 Å². The van der Waals surface area contributed by atoms with E-state index in [2.05, 4.69) is 20.3 Å². The van der Waals surface area contributed by atoms with Crippen LogP contribution in [0.3, 0.4) is 0 Å². The third-order valence-electron chi connectivity index (χ3n) is 3.27. The van der Waals surface area contributed by atoms with Gasteiger partial charge in [-0.2, -0.15) is 0 Å². The molecule has 5 nitrogen and oxygen atoms in total. The fourth-order valence-corrected chi connectivity index (χ4v) is 2.47. The minimum atomic E-state index is -0.459. The molecule has 1 unspecified atom stereocenters. The Balaban J connectivity index is 2.11. The van der Waals surface area contributed by atoms with Crippen LogP contribution in [0.2, 0.25) is 5.02 Å². The summed E-state index contributed by atoms with van der Waals surface area (Å²) < 4.78 is 0. The van der Waals surface area contributed by atoms with Gasteiger partial charge in [-0.15, -0.1) is 0 Å². The molecule has 2 aromatic heterocycles. The monoisotopic (exact) mass is 316 g/mol. The molecule has 2 heterocycles. The number of fused-ring (bicyclic) bond motifs is 1. The summed E-state index contributed by atoms with van der Waals surface area (Å²) in [6.07, 6.45) is -0.459. The van der Waals surface area contributed by atoms with Crippen LogP contribution in [0.4, 0.5) is 5.82 Å². The van der Waals surface area contributed by atoms with Crippen LogP contribution < -0.4 is 5.32 Å². The van der Waals surface area contributed by atoms with Gasteiger partial charge >= 0.3 is 0 Å². The normalized spacial score (nSPS) is 12.5. The number of aliphatic hydroxyl groups excluding tert-OH is 1. The Labute approximate surface area is 133 Å². The third kappa shape index (κ3) is 3.05. The lowest BCUT2D eigenvalue weighted by Gasteiger charge is -2.10. The number of nitrogens with one attached hydrogen (secondary N) is 2. The number of aromatic amines is 1. The third-order valence-corrected chi connectivity index (χ3v) is 3.50. The number of hydrogen-bond donors (Lipinski definition) is 3. The van der Waals surface area contributed by atoms with Crippen LogP contribution in [0.15, 0.2) is 30.3 Å². The Kier molecular flexibility index (Phi) is 4.00. The zero-order valence-electron chi connectivity index (χ0n) is 12.4. The van der Waals surface area contributed by atoms with Gasteiger partial charge in [0.05, 0.1) is 11.5 Å². The number of halogens is 1. The lowest BCUT2D eigenvalue weighted by atomic mass is 10.2. The molecular weight excluding hydrogens is 300 g/mol. The van der Waals surface area contributed by atoms with Crippen molar-refractivity contribution in [3.8, 4) is 11.4 Å². The van der Waals surface area contributed by atoms with Gasteiger partial charge in [0, 0.05) is 22.8 Å². The molecule has 0 saturated carbocycles. The maximum Gasteiger partial charge on any atom is 0.163 e. The first-order valence-electron chi connectivity index (χ1n) is 7.08. The molecule has 114 valence electrons. The van der Waals surface area contributed by atoms with Crippen molar-refractivity contribution in [2.45, 2.75) is 20.0 Å². The molecule has 22 heavy (non-hydrogen) atoms. The Bertz CT molecular complexity index is 813. The summed E-state index contributed by atoms with van der Waals surface area (Å²) in [4.78, 5) is 12.4. The summed E-state index contributed by atoms with van der Waals surface area (Å²) in [5, 5.41) is 14.2. The quantitative estimate of drug-likeness (QED) is 0.690. The first kappa shape index (κ1) is 14.8. The fraction of sp³-hybridized carbons (Fsp3) is 0.250. The van der Waals surface area contributed by atoms with Gasteiger partial charge in [-0.1, -0.05) is 23.7 Å². The Morgan fingerprint density at radius 2 is 2.14 bits per heavy atom. The zero-order chi connectivity index (χ0) is 15.7. The number of anilines is 1. The van der Waals surface area contributed by atoms with Gasteiger partial charge < -0.3 is 15.4 Å². The standard InChI is InChI=1S/C16H17ClN4O/c1-9-6-13-15(18-8-10(2)22)20-14(21-16(13)19-9)11-4-3-5-12(17)7-11/h3-7,10,22H,8H2,1-2H3,(H2,18,19,20,21). The van der Waals surface area contributed by atoms with E-state index in [1.54, 1.807) is 6.92 Å². The summed E-state index contributed by atoms with van der Waals surface area (Å²) in [5.74, 6) is 1.29. The van der Waals surface area contributed by atoms with Crippen molar-refractivity contribution in [2.24, 2.45) is 0 Å². The molecule has 0 aliphatic rings. The van der Waals surface area contributed by atoms with Crippen molar-refractivity contribution < 1.29 is 5.11 Å². The average Bonchev–Trinajstić information content (AvgIpc) is 2.84. The number of aliphatic hydroxyl groups is 1. The average molecular weight is 317 g/mol. The minimum absolute atomic E-state index is 0.422. The first-order chi connectivity index (χ1) is 10.5. The molecule has 0 aliphatic heterocycles. The van der Waals surface area contributed by atoms with Crippen molar-refractivity contribution >= 4 is 28.5 Å². The van der Waals surface area contributed by atoms with Gasteiger partial charge in [0.15, 0.2) is 5.82 Å². The predicted molar refractivity (Wildman–Crippen MR) is 89.2 cm³/mol. The molecule has 0 fully saturated rings. The van der Waals surface area contributed by atoms with E-state index >= 15 is 0 Å². The number of nitrogens with zero attached hydrogens (tertiary/aromatic N) is 2. The largest absolute Gasteiger partial charge is 0.392 e. The number of rotatable bonds is 4. The lowest BCUT2D eigenvalue weighted by molar-refractivity contribution is 0.208. The van der Waals surface area contributed by atoms with Gasteiger partial charge in [-0.25, -0.2) is 9.97 Å².